The Morgan fingerprint density at radius 2 is 1.50 bits per heavy atom. The molecule has 1 atom stereocenters. The Kier molecular flexibility index (Phi) is 6.76. The van der Waals surface area contributed by atoms with Gasteiger partial charge in [0.1, 0.15) is 6.10 Å². The van der Waals surface area contributed by atoms with Crippen LogP contribution in [0.5, 0.6) is 0 Å². The zero-order valence-electron chi connectivity index (χ0n) is 22.0. The molecule has 0 radical (unpaired) electrons. The zero-order valence-corrected chi connectivity index (χ0v) is 22.0. The Balaban J connectivity index is 1.33. The van der Waals surface area contributed by atoms with Gasteiger partial charge in [-0.25, -0.2) is 4.79 Å². The molecular formula is C31H31N3O4. The van der Waals surface area contributed by atoms with E-state index in [9.17, 15) is 9.59 Å². The fourth-order valence-corrected chi connectivity index (χ4v) is 4.96. The number of carbonyl (C=O) groups is 2. The van der Waals surface area contributed by atoms with Crippen LogP contribution in [-0.2, 0) is 26.7 Å². The molecule has 0 aliphatic heterocycles. The van der Waals surface area contributed by atoms with E-state index in [1.165, 1.54) is 7.11 Å². The van der Waals surface area contributed by atoms with Gasteiger partial charge in [-0.05, 0) is 48.9 Å². The summed E-state index contributed by atoms with van der Waals surface area (Å²) in [6.07, 6.45) is 0.736. The first-order valence-electron chi connectivity index (χ1n) is 12.7. The van der Waals surface area contributed by atoms with Crippen LogP contribution in [0.4, 0.5) is 10.5 Å². The summed E-state index contributed by atoms with van der Waals surface area (Å²) >= 11 is 0. The van der Waals surface area contributed by atoms with Crippen LogP contribution >= 0.6 is 0 Å². The third kappa shape index (κ3) is 4.79. The van der Waals surface area contributed by atoms with Gasteiger partial charge in [-0.15, -0.1) is 0 Å². The van der Waals surface area contributed by atoms with Gasteiger partial charge in [0.15, 0.2) is 0 Å². The molecule has 7 heteroatoms. The van der Waals surface area contributed by atoms with Gasteiger partial charge in [0.05, 0.1) is 29.6 Å². The molecule has 38 heavy (non-hydrogen) atoms. The molecule has 5 rings (SSSR count). The molecule has 0 saturated heterocycles. The number of anilines is 1. The summed E-state index contributed by atoms with van der Waals surface area (Å²) in [6.45, 7) is 3.70. The third-order valence-electron chi connectivity index (χ3n) is 7.26. The molecule has 0 bridgehead atoms. The summed E-state index contributed by atoms with van der Waals surface area (Å²) in [5.74, 6) is -0.163. The Bertz CT molecular complexity index is 1450. The van der Waals surface area contributed by atoms with E-state index < -0.39 is 11.5 Å². The summed E-state index contributed by atoms with van der Waals surface area (Å²) < 4.78 is 12.4. The molecule has 1 N–H and O–H groups in total. The number of nitrogens with one attached hydrogen (secondary N) is 1. The number of hydrogen-bond donors (Lipinski definition) is 1. The number of ether oxygens (including phenoxy) is 2. The summed E-state index contributed by atoms with van der Waals surface area (Å²) in [7, 11) is 3.30. The van der Waals surface area contributed by atoms with Crippen LogP contribution in [0.15, 0.2) is 78.9 Å². The van der Waals surface area contributed by atoms with E-state index in [0.717, 1.165) is 46.4 Å². The molecule has 1 aliphatic carbocycles. The monoisotopic (exact) mass is 509 g/mol. The van der Waals surface area contributed by atoms with E-state index >= 15 is 0 Å². The Morgan fingerprint density at radius 3 is 2.08 bits per heavy atom. The van der Waals surface area contributed by atoms with Crippen molar-refractivity contribution in [1.82, 2.24) is 9.78 Å². The van der Waals surface area contributed by atoms with Crippen molar-refractivity contribution in [1.29, 1.82) is 0 Å². The number of aryl methyl sites for hydroxylation is 2. The predicted molar refractivity (Wildman–Crippen MR) is 147 cm³/mol. The smallest absolute Gasteiger partial charge is 0.412 e. The summed E-state index contributed by atoms with van der Waals surface area (Å²) in [5.41, 5.74) is 6.58. The molecular weight excluding hydrogens is 478 g/mol. The highest BCUT2D eigenvalue weighted by Crippen LogP contribution is 2.49. The highest BCUT2D eigenvalue weighted by atomic mass is 16.6. The normalized spacial score (nSPS) is 14.4. The number of hydrogen-bond acceptors (Lipinski definition) is 5. The minimum Gasteiger partial charge on any atom is -0.468 e. The number of nitrogens with zero attached hydrogens (tertiary/aromatic N) is 2. The molecule has 1 aliphatic rings. The molecule has 1 heterocycles. The van der Waals surface area contributed by atoms with Crippen LogP contribution in [0.2, 0.25) is 0 Å². The summed E-state index contributed by atoms with van der Waals surface area (Å²) in [5, 5.41) is 7.43. The van der Waals surface area contributed by atoms with Gasteiger partial charge >= 0.3 is 12.1 Å². The van der Waals surface area contributed by atoms with E-state index in [-0.39, 0.29) is 12.1 Å². The van der Waals surface area contributed by atoms with E-state index in [1.807, 2.05) is 99.8 Å². The van der Waals surface area contributed by atoms with Crippen molar-refractivity contribution >= 4 is 17.7 Å². The van der Waals surface area contributed by atoms with Crippen LogP contribution in [0.3, 0.4) is 0 Å². The molecule has 1 saturated carbocycles. The molecule has 7 nitrogen and oxygen atoms in total. The lowest BCUT2D eigenvalue weighted by atomic mass is 9.93. The van der Waals surface area contributed by atoms with Gasteiger partial charge in [-0.3, -0.25) is 14.8 Å². The first kappa shape index (κ1) is 25.3. The molecule has 1 amide bonds. The minimum atomic E-state index is -0.532. The summed E-state index contributed by atoms with van der Waals surface area (Å²) in [4.78, 5) is 24.9. The zero-order chi connectivity index (χ0) is 26.9. The second kappa shape index (κ2) is 10.2. The lowest BCUT2D eigenvalue weighted by Gasteiger charge is -2.15. The molecule has 194 valence electrons. The Labute approximate surface area is 222 Å². The SMILES string of the molecule is COC(=O)C1(c2ccc(-c3ccc(-c4c(NC(=O)O[C@H](C)c5ccccc5)c(C)nn4C)cc3)cc2)CC1. The lowest BCUT2D eigenvalue weighted by molar-refractivity contribution is -0.143. The van der Waals surface area contributed by atoms with Gasteiger partial charge in [0.2, 0.25) is 0 Å². The standard InChI is InChI=1S/C31H31N3O4/c1-20-27(32-30(36)38-21(2)22-8-6-5-7-9-22)28(34(3)33-20)25-12-10-23(11-13-25)24-14-16-26(17-15-24)31(18-19-31)29(35)37-4/h5-17,21H,18-19H2,1-4H3,(H,32,36)/t21-/m1/s1. The van der Waals surface area contributed by atoms with Crippen molar-refractivity contribution in [2.75, 3.05) is 12.4 Å². The average molecular weight is 510 g/mol. The first-order valence-corrected chi connectivity index (χ1v) is 12.7. The topological polar surface area (TPSA) is 82.4 Å². The van der Waals surface area contributed by atoms with Crippen LogP contribution < -0.4 is 5.32 Å². The van der Waals surface area contributed by atoms with Gasteiger partial charge in [-0.1, -0.05) is 78.9 Å². The van der Waals surface area contributed by atoms with Crippen LogP contribution in [0.25, 0.3) is 22.4 Å². The van der Waals surface area contributed by atoms with E-state index in [1.54, 1.807) is 4.68 Å². The highest BCUT2D eigenvalue weighted by Gasteiger charge is 2.52. The fraction of sp³-hybridized carbons (Fsp3) is 0.258. The van der Waals surface area contributed by atoms with Gasteiger partial charge in [0.25, 0.3) is 0 Å². The molecule has 1 fully saturated rings. The van der Waals surface area contributed by atoms with Crippen molar-refractivity contribution in [2.24, 2.45) is 7.05 Å². The maximum absolute atomic E-state index is 12.7. The molecule has 0 unspecified atom stereocenters. The van der Waals surface area contributed by atoms with Crippen molar-refractivity contribution in [3.05, 3.63) is 95.7 Å². The van der Waals surface area contributed by atoms with Gasteiger partial charge in [0, 0.05) is 12.6 Å². The largest absolute Gasteiger partial charge is 0.468 e. The van der Waals surface area contributed by atoms with Gasteiger partial charge < -0.3 is 9.47 Å². The van der Waals surface area contributed by atoms with Crippen molar-refractivity contribution < 1.29 is 19.1 Å². The van der Waals surface area contributed by atoms with Crippen molar-refractivity contribution in [2.45, 2.75) is 38.2 Å². The van der Waals surface area contributed by atoms with Crippen LogP contribution in [0, 0.1) is 6.92 Å². The Morgan fingerprint density at radius 1 is 0.921 bits per heavy atom. The predicted octanol–water partition coefficient (Wildman–Crippen LogP) is 6.58. The second-order valence-corrected chi connectivity index (χ2v) is 9.74. The van der Waals surface area contributed by atoms with Crippen molar-refractivity contribution in [3.63, 3.8) is 0 Å². The Hall–Kier alpha value is -4.39. The van der Waals surface area contributed by atoms with E-state index in [4.69, 9.17) is 9.47 Å². The number of amides is 1. The number of methoxy groups -OCH3 is 1. The quantitative estimate of drug-likeness (QED) is 0.285. The number of esters is 1. The van der Waals surface area contributed by atoms with E-state index in [2.05, 4.69) is 10.4 Å². The number of carbonyl (C=O) groups excluding carboxylic acids is 2. The number of aromatic nitrogens is 2. The maximum Gasteiger partial charge on any atom is 0.412 e. The highest BCUT2D eigenvalue weighted by molar-refractivity contribution is 5.92. The number of benzene rings is 3. The van der Waals surface area contributed by atoms with Crippen LogP contribution in [0.1, 0.15) is 42.7 Å². The molecule has 0 spiro atoms. The summed E-state index contributed by atoms with van der Waals surface area (Å²) in [6, 6.07) is 25.8. The van der Waals surface area contributed by atoms with Crippen LogP contribution in [-0.4, -0.2) is 29.0 Å². The van der Waals surface area contributed by atoms with Gasteiger partial charge in [-0.2, -0.15) is 5.10 Å². The van der Waals surface area contributed by atoms with Crippen molar-refractivity contribution in [3.8, 4) is 22.4 Å². The lowest BCUT2D eigenvalue weighted by Crippen LogP contribution is -2.21. The molecule has 1 aromatic heterocycles. The average Bonchev–Trinajstić information content (AvgIpc) is 3.70. The number of rotatable bonds is 7. The van der Waals surface area contributed by atoms with E-state index in [0.29, 0.717) is 11.4 Å². The fourth-order valence-electron chi connectivity index (χ4n) is 4.96. The first-order chi connectivity index (χ1) is 18.3. The molecule has 3 aromatic carbocycles. The minimum absolute atomic E-state index is 0.163. The molecule has 4 aromatic rings. The maximum atomic E-state index is 12.7. The third-order valence-corrected chi connectivity index (χ3v) is 7.26. The second-order valence-electron chi connectivity index (χ2n) is 9.74.